The van der Waals surface area contributed by atoms with Gasteiger partial charge in [0.2, 0.25) is 0 Å². The number of hydrogen-bond donors (Lipinski definition) is 1. The zero-order chi connectivity index (χ0) is 8.55. The van der Waals surface area contributed by atoms with E-state index in [2.05, 4.69) is 0 Å². The second-order valence-electron chi connectivity index (χ2n) is 2.79. The molecule has 1 aliphatic heterocycles. The Morgan fingerprint density at radius 1 is 1.50 bits per heavy atom. The first-order chi connectivity index (χ1) is 5.79. The number of fused-ring (bicyclic) bond motifs is 1. The average Bonchev–Trinajstić information content (AvgIpc) is 2.47. The molecule has 1 amide bonds. The molecule has 0 aromatic heterocycles. The first-order valence-electron chi connectivity index (χ1n) is 3.78. The third-order valence-electron chi connectivity index (χ3n) is 2.00. The fourth-order valence-electron chi connectivity index (χ4n) is 1.42. The van der Waals surface area contributed by atoms with E-state index < -0.39 is 12.0 Å². The smallest absolute Gasteiger partial charge is 0.251 e. The molecule has 0 saturated carbocycles. The number of carbonyl (C=O) groups is 1. The first kappa shape index (κ1) is 7.31. The van der Waals surface area contributed by atoms with E-state index in [4.69, 9.17) is 10.5 Å². The minimum Gasteiger partial charge on any atom is -0.367 e. The van der Waals surface area contributed by atoms with Gasteiger partial charge in [-0.05, 0) is 11.1 Å². The van der Waals surface area contributed by atoms with Gasteiger partial charge in [-0.15, -0.1) is 0 Å². The first-order valence-corrected chi connectivity index (χ1v) is 3.78. The lowest BCUT2D eigenvalue weighted by Gasteiger charge is -2.04. The predicted octanol–water partition coefficient (Wildman–Crippen LogP) is 0.743. The minimum absolute atomic E-state index is 0.417. The molecule has 2 N–H and O–H groups in total. The zero-order valence-electron chi connectivity index (χ0n) is 6.49. The van der Waals surface area contributed by atoms with Crippen molar-refractivity contribution in [1.29, 1.82) is 0 Å². The quantitative estimate of drug-likeness (QED) is 0.664. The Kier molecular flexibility index (Phi) is 1.59. The van der Waals surface area contributed by atoms with Crippen molar-refractivity contribution < 1.29 is 9.53 Å². The Labute approximate surface area is 70.1 Å². The third kappa shape index (κ3) is 0.987. The molecule has 0 aliphatic carbocycles. The van der Waals surface area contributed by atoms with Crippen molar-refractivity contribution in [3.8, 4) is 0 Å². The van der Waals surface area contributed by atoms with Crippen molar-refractivity contribution in [3.05, 3.63) is 35.4 Å². The number of carbonyl (C=O) groups excluding carboxylic acids is 1. The Morgan fingerprint density at radius 3 is 3.00 bits per heavy atom. The Morgan fingerprint density at radius 2 is 2.25 bits per heavy atom. The number of amides is 1. The van der Waals surface area contributed by atoms with Gasteiger partial charge in [0.15, 0.2) is 6.10 Å². The molecule has 12 heavy (non-hydrogen) atoms. The van der Waals surface area contributed by atoms with Crippen LogP contribution in [-0.2, 0) is 16.1 Å². The van der Waals surface area contributed by atoms with E-state index in [1.165, 1.54) is 0 Å². The molecule has 0 fully saturated rings. The molecule has 1 heterocycles. The van der Waals surface area contributed by atoms with Crippen LogP contribution in [0.15, 0.2) is 24.3 Å². The van der Waals surface area contributed by atoms with E-state index in [0.29, 0.717) is 6.61 Å². The molecule has 1 unspecified atom stereocenters. The molecule has 62 valence electrons. The number of rotatable bonds is 1. The molecule has 3 heteroatoms. The molecule has 0 radical (unpaired) electrons. The summed E-state index contributed by atoms with van der Waals surface area (Å²) >= 11 is 0. The summed E-state index contributed by atoms with van der Waals surface area (Å²) in [4.78, 5) is 10.9. The molecule has 0 spiro atoms. The fourth-order valence-corrected chi connectivity index (χ4v) is 1.42. The molecular formula is C9H9NO2. The monoisotopic (exact) mass is 163 g/mol. The van der Waals surface area contributed by atoms with Crippen LogP contribution in [0.5, 0.6) is 0 Å². The maximum atomic E-state index is 10.9. The van der Waals surface area contributed by atoms with Crippen molar-refractivity contribution in [2.75, 3.05) is 0 Å². The zero-order valence-corrected chi connectivity index (χ0v) is 6.49. The molecular weight excluding hydrogens is 154 g/mol. The number of nitrogens with two attached hydrogens (primary N) is 1. The van der Waals surface area contributed by atoms with Crippen LogP contribution < -0.4 is 5.73 Å². The summed E-state index contributed by atoms with van der Waals surface area (Å²) in [5.41, 5.74) is 7.11. The molecule has 1 aliphatic rings. The van der Waals surface area contributed by atoms with Gasteiger partial charge < -0.3 is 10.5 Å². The summed E-state index contributed by atoms with van der Waals surface area (Å²) in [5, 5.41) is 0. The van der Waals surface area contributed by atoms with Crippen LogP contribution in [0, 0.1) is 0 Å². The Balaban J connectivity index is 2.42. The van der Waals surface area contributed by atoms with Crippen molar-refractivity contribution >= 4 is 5.91 Å². The number of benzene rings is 1. The van der Waals surface area contributed by atoms with Gasteiger partial charge in [0.25, 0.3) is 5.91 Å². The van der Waals surface area contributed by atoms with Crippen LogP contribution in [0.1, 0.15) is 17.2 Å². The highest BCUT2D eigenvalue weighted by Crippen LogP contribution is 2.29. The van der Waals surface area contributed by atoms with Crippen LogP contribution in [0.4, 0.5) is 0 Å². The van der Waals surface area contributed by atoms with Crippen LogP contribution in [0.2, 0.25) is 0 Å². The molecule has 1 aromatic rings. The summed E-state index contributed by atoms with van der Waals surface area (Å²) in [5.74, 6) is -0.417. The molecule has 0 saturated heterocycles. The second kappa shape index (κ2) is 2.60. The van der Waals surface area contributed by atoms with Gasteiger partial charge in [0.05, 0.1) is 6.61 Å². The number of ether oxygens (including phenoxy) is 1. The number of hydrogen-bond acceptors (Lipinski definition) is 2. The average molecular weight is 163 g/mol. The maximum Gasteiger partial charge on any atom is 0.251 e. The summed E-state index contributed by atoms with van der Waals surface area (Å²) in [6.07, 6.45) is -0.541. The van der Waals surface area contributed by atoms with Crippen molar-refractivity contribution in [1.82, 2.24) is 0 Å². The fraction of sp³-hybridized carbons (Fsp3) is 0.222. The van der Waals surface area contributed by atoms with Gasteiger partial charge in [-0.3, -0.25) is 4.79 Å². The lowest BCUT2D eigenvalue weighted by atomic mass is 10.1. The lowest BCUT2D eigenvalue weighted by molar-refractivity contribution is -0.129. The Hall–Kier alpha value is -1.35. The van der Waals surface area contributed by atoms with Crippen LogP contribution in [0.3, 0.4) is 0 Å². The normalized spacial score (nSPS) is 20.5. The summed E-state index contributed by atoms with van der Waals surface area (Å²) in [7, 11) is 0. The van der Waals surface area contributed by atoms with E-state index >= 15 is 0 Å². The summed E-state index contributed by atoms with van der Waals surface area (Å²) < 4.78 is 5.21. The van der Waals surface area contributed by atoms with E-state index in [9.17, 15) is 4.79 Å². The standard InChI is InChI=1S/C9H9NO2/c10-9(11)8-7-4-2-1-3-6(7)5-12-8/h1-4,8H,5H2,(H2,10,11). The van der Waals surface area contributed by atoms with Gasteiger partial charge >= 0.3 is 0 Å². The van der Waals surface area contributed by atoms with Crippen LogP contribution in [0.25, 0.3) is 0 Å². The highest BCUT2D eigenvalue weighted by atomic mass is 16.5. The topological polar surface area (TPSA) is 52.3 Å². The maximum absolute atomic E-state index is 10.9. The largest absolute Gasteiger partial charge is 0.367 e. The molecule has 1 aromatic carbocycles. The molecule has 1 atom stereocenters. The van der Waals surface area contributed by atoms with Crippen LogP contribution in [-0.4, -0.2) is 5.91 Å². The highest BCUT2D eigenvalue weighted by Gasteiger charge is 2.26. The van der Waals surface area contributed by atoms with Gasteiger partial charge in [-0.1, -0.05) is 24.3 Å². The van der Waals surface area contributed by atoms with Gasteiger partial charge in [-0.2, -0.15) is 0 Å². The van der Waals surface area contributed by atoms with E-state index in [-0.39, 0.29) is 0 Å². The van der Waals surface area contributed by atoms with Crippen molar-refractivity contribution in [3.63, 3.8) is 0 Å². The second-order valence-corrected chi connectivity index (χ2v) is 2.79. The molecule has 0 bridgehead atoms. The van der Waals surface area contributed by atoms with Crippen molar-refractivity contribution in [2.45, 2.75) is 12.7 Å². The van der Waals surface area contributed by atoms with Crippen LogP contribution >= 0.6 is 0 Å². The predicted molar refractivity (Wildman–Crippen MR) is 43.2 cm³/mol. The number of primary amides is 1. The Bertz CT molecular complexity index is 322. The van der Waals surface area contributed by atoms with Gasteiger partial charge in [0, 0.05) is 0 Å². The van der Waals surface area contributed by atoms with E-state index in [0.717, 1.165) is 11.1 Å². The van der Waals surface area contributed by atoms with Crippen molar-refractivity contribution in [2.24, 2.45) is 5.73 Å². The molecule has 2 rings (SSSR count). The minimum atomic E-state index is -0.541. The van der Waals surface area contributed by atoms with E-state index in [1.807, 2.05) is 24.3 Å². The lowest BCUT2D eigenvalue weighted by Crippen LogP contribution is -2.20. The third-order valence-corrected chi connectivity index (χ3v) is 2.00. The van der Waals surface area contributed by atoms with Gasteiger partial charge in [0.1, 0.15) is 0 Å². The highest BCUT2D eigenvalue weighted by molar-refractivity contribution is 5.81. The summed E-state index contributed by atoms with van der Waals surface area (Å²) in [6.45, 7) is 0.490. The van der Waals surface area contributed by atoms with Gasteiger partial charge in [-0.25, -0.2) is 0 Å². The van der Waals surface area contributed by atoms with E-state index in [1.54, 1.807) is 0 Å². The molecule has 3 nitrogen and oxygen atoms in total. The summed E-state index contributed by atoms with van der Waals surface area (Å²) in [6, 6.07) is 7.62. The SMILES string of the molecule is NC(=O)C1OCc2ccccc21.